The van der Waals surface area contributed by atoms with Crippen molar-refractivity contribution in [2.75, 3.05) is 13.2 Å². The number of ether oxygens (including phenoxy) is 1. The fraction of sp³-hybridized carbons (Fsp3) is 0.571. The summed E-state index contributed by atoms with van der Waals surface area (Å²) in [4.78, 5) is 23.1. The van der Waals surface area contributed by atoms with Gasteiger partial charge in [-0.25, -0.2) is 0 Å². The topological polar surface area (TPSA) is 80.6 Å². The molecule has 0 bridgehead atoms. The van der Waals surface area contributed by atoms with Gasteiger partial charge in [-0.15, -0.1) is 0 Å². The molecule has 2 amide bonds. The van der Waals surface area contributed by atoms with E-state index in [-0.39, 0.29) is 30.8 Å². The Morgan fingerprint density at radius 1 is 1.25 bits per heavy atom. The van der Waals surface area contributed by atoms with Crippen LogP contribution in [0.4, 0.5) is 0 Å². The molecule has 2 rings (SSSR count). The molecular weight excluding hydrogens is 260 g/mol. The maximum atomic E-state index is 11.6. The van der Waals surface area contributed by atoms with Crippen molar-refractivity contribution in [2.24, 2.45) is 0 Å². The molecule has 0 radical (unpaired) electrons. The van der Waals surface area contributed by atoms with Gasteiger partial charge in [-0.2, -0.15) is 0 Å². The van der Waals surface area contributed by atoms with Crippen LogP contribution in [0.3, 0.4) is 0 Å². The van der Waals surface area contributed by atoms with E-state index in [9.17, 15) is 9.59 Å². The summed E-state index contributed by atoms with van der Waals surface area (Å²) in [5.41, 5.74) is 0. The molecule has 0 saturated carbocycles. The first-order chi connectivity index (χ1) is 9.74. The molecule has 0 spiro atoms. The zero-order valence-corrected chi connectivity index (χ0v) is 11.4. The highest BCUT2D eigenvalue weighted by atomic mass is 16.5. The van der Waals surface area contributed by atoms with E-state index in [0.717, 1.165) is 19.4 Å². The van der Waals surface area contributed by atoms with Crippen molar-refractivity contribution in [3.8, 4) is 0 Å². The molecule has 1 saturated heterocycles. The first kappa shape index (κ1) is 14.6. The molecule has 110 valence electrons. The zero-order valence-electron chi connectivity index (χ0n) is 11.4. The number of nitrogens with one attached hydrogen (secondary N) is 2. The zero-order chi connectivity index (χ0) is 14.2. The third kappa shape index (κ3) is 5.05. The molecule has 2 N–H and O–H groups in total. The predicted molar refractivity (Wildman–Crippen MR) is 71.8 cm³/mol. The lowest BCUT2D eigenvalue weighted by atomic mass is 10.2. The Hall–Kier alpha value is -1.82. The van der Waals surface area contributed by atoms with Crippen LogP contribution in [0.2, 0.25) is 0 Å². The summed E-state index contributed by atoms with van der Waals surface area (Å²) in [6.07, 6.45) is 4.10. The molecule has 1 aromatic rings. The molecular formula is C14H20N2O4. The number of furan rings is 1. The third-order valence-electron chi connectivity index (χ3n) is 3.17. The summed E-state index contributed by atoms with van der Waals surface area (Å²) >= 11 is 0. The minimum absolute atomic E-state index is 0.117. The lowest BCUT2D eigenvalue weighted by Crippen LogP contribution is -2.32. The number of carbonyl (C=O) groups excluding carboxylic acids is 2. The van der Waals surface area contributed by atoms with E-state index in [0.29, 0.717) is 18.8 Å². The number of rotatable bonds is 7. The Labute approximate surface area is 117 Å². The Kier molecular flexibility index (Phi) is 5.61. The summed E-state index contributed by atoms with van der Waals surface area (Å²) in [6.45, 7) is 1.66. The fourth-order valence-electron chi connectivity index (χ4n) is 2.04. The van der Waals surface area contributed by atoms with Crippen LogP contribution in [0.15, 0.2) is 22.8 Å². The standard InChI is InChI=1S/C14H20N2O4/c17-13(15-9-11-3-1-7-19-11)5-6-14(18)16-10-12-4-2-8-20-12/h1,3,7,12H,2,4-6,8-10H2,(H,15,17)(H,16,18)/t12-/m1/s1. The van der Waals surface area contributed by atoms with E-state index in [1.165, 1.54) is 0 Å². The maximum Gasteiger partial charge on any atom is 0.220 e. The Balaban J connectivity index is 1.54. The largest absolute Gasteiger partial charge is 0.467 e. The van der Waals surface area contributed by atoms with Crippen LogP contribution in [0.1, 0.15) is 31.4 Å². The van der Waals surface area contributed by atoms with Gasteiger partial charge < -0.3 is 19.8 Å². The molecule has 1 aliphatic rings. The van der Waals surface area contributed by atoms with E-state index < -0.39 is 0 Å². The summed E-state index contributed by atoms with van der Waals surface area (Å²) in [5.74, 6) is 0.420. The van der Waals surface area contributed by atoms with Gasteiger partial charge in [-0.1, -0.05) is 0 Å². The molecule has 0 unspecified atom stereocenters. The van der Waals surface area contributed by atoms with Gasteiger partial charge in [0.25, 0.3) is 0 Å². The maximum absolute atomic E-state index is 11.6. The summed E-state index contributed by atoms with van der Waals surface area (Å²) in [6, 6.07) is 3.55. The minimum Gasteiger partial charge on any atom is -0.467 e. The van der Waals surface area contributed by atoms with Crippen molar-refractivity contribution in [3.05, 3.63) is 24.2 Å². The van der Waals surface area contributed by atoms with Gasteiger partial charge >= 0.3 is 0 Å². The van der Waals surface area contributed by atoms with Gasteiger partial charge in [0.1, 0.15) is 5.76 Å². The monoisotopic (exact) mass is 280 g/mol. The highest BCUT2D eigenvalue weighted by Gasteiger charge is 2.16. The average molecular weight is 280 g/mol. The van der Waals surface area contributed by atoms with Crippen molar-refractivity contribution < 1.29 is 18.7 Å². The van der Waals surface area contributed by atoms with E-state index in [1.807, 2.05) is 0 Å². The quantitative estimate of drug-likeness (QED) is 0.780. The van der Waals surface area contributed by atoms with Gasteiger partial charge in [0.05, 0.1) is 18.9 Å². The molecule has 6 heteroatoms. The second kappa shape index (κ2) is 7.69. The number of hydrogen-bond acceptors (Lipinski definition) is 4. The molecule has 0 aliphatic carbocycles. The molecule has 1 atom stereocenters. The van der Waals surface area contributed by atoms with Crippen molar-refractivity contribution >= 4 is 11.8 Å². The Morgan fingerprint density at radius 3 is 2.70 bits per heavy atom. The minimum atomic E-state index is -0.159. The first-order valence-corrected chi connectivity index (χ1v) is 6.91. The van der Waals surface area contributed by atoms with Gasteiger partial charge in [-0.3, -0.25) is 9.59 Å². The SMILES string of the molecule is O=C(CCC(=O)NC[C@H]1CCCO1)NCc1ccco1. The molecule has 6 nitrogen and oxygen atoms in total. The van der Waals surface area contributed by atoms with E-state index in [2.05, 4.69) is 10.6 Å². The molecule has 1 aliphatic heterocycles. The molecule has 2 heterocycles. The summed E-state index contributed by atoms with van der Waals surface area (Å²) in [5, 5.41) is 5.49. The number of carbonyl (C=O) groups is 2. The van der Waals surface area contributed by atoms with Gasteiger partial charge in [-0.05, 0) is 25.0 Å². The van der Waals surface area contributed by atoms with Crippen LogP contribution >= 0.6 is 0 Å². The van der Waals surface area contributed by atoms with Crippen molar-refractivity contribution in [3.63, 3.8) is 0 Å². The summed E-state index contributed by atoms with van der Waals surface area (Å²) < 4.78 is 10.5. The van der Waals surface area contributed by atoms with Crippen molar-refractivity contribution in [2.45, 2.75) is 38.3 Å². The van der Waals surface area contributed by atoms with Crippen LogP contribution < -0.4 is 10.6 Å². The van der Waals surface area contributed by atoms with Crippen LogP contribution in [0, 0.1) is 0 Å². The van der Waals surface area contributed by atoms with Crippen molar-refractivity contribution in [1.82, 2.24) is 10.6 Å². The predicted octanol–water partition coefficient (Wildman–Crippen LogP) is 0.971. The fourth-order valence-corrected chi connectivity index (χ4v) is 2.04. The highest BCUT2D eigenvalue weighted by molar-refractivity contribution is 5.83. The Bertz CT molecular complexity index is 424. The van der Waals surface area contributed by atoms with Gasteiger partial charge in [0.15, 0.2) is 0 Å². The second-order valence-corrected chi connectivity index (χ2v) is 4.80. The van der Waals surface area contributed by atoms with Crippen LogP contribution in [-0.2, 0) is 20.9 Å². The van der Waals surface area contributed by atoms with Crippen LogP contribution in [0.25, 0.3) is 0 Å². The Morgan fingerprint density at radius 2 is 2.05 bits per heavy atom. The van der Waals surface area contributed by atoms with Crippen LogP contribution in [0.5, 0.6) is 0 Å². The summed E-state index contributed by atoms with van der Waals surface area (Å²) in [7, 11) is 0. The molecule has 0 aromatic carbocycles. The first-order valence-electron chi connectivity index (χ1n) is 6.91. The van der Waals surface area contributed by atoms with Gasteiger partial charge in [0.2, 0.25) is 11.8 Å². The van der Waals surface area contributed by atoms with E-state index >= 15 is 0 Å². The van der Waals surface area contributed by atoms with Crippen LogP contribution in [-0.4, -0.2) is 31.1 Å². The molecule has 1 aromatic heterocycles. The lowest BCUT2D eigenvalue weighted by molar-refractivity contribution is -0.126. The lowest BCUT2D eigenvalue weighted by Gasteiger charge is -2.10. The second-order valence-electron chi connectivity index (χ2n) is 4.80. The highest BCUT2D eigenvalue weighted by Crippen LogP contribution is 2.10. The third-order valence-corrected chi connectivity index (χ3v) is 3.17. The van der Waals surface area contributed by atoms with Crippen molar-refractivity contribution in [1.29, 1.82) is 0 Å². The number of hydrogen-bond donors (Lipinski definition) is 2. The molecule has 20 heavy (non-hydrogen) atoms. The number of amides is 2. The van der Waals surface area contributed by atoms with Gasteiger partial charge in [0, 0.05) is 26.0 Å². The smallest absolute Gasteiger partial charge is 0.220 e. The molecule has 1 fully saturated rings. The normalized spacial score (nSPS) is 17.9. The van der Waals surface area contributed by atoms with E-state index in [1.54, 1.807) is 18.4 Å². The van der Waals surface area contributed by atoms with E-state index in [4.69, 9.17) is 9.15 Å². The average Bonchev–Trinajstić information content (AvgIpc) is 3.13.